The Morgan fingerprint density at radius 3 is 2.57 bits per heavy atom. The largest absolute Gasteiger partial charge is 0.507 e. The van der Waals surface area contributed by atoms with Crippen molar-refractivity contribution in [3.05, 3.63) is 114 Å². The van der Waals surface area contributed by atoms with Gasteiger partial charge >= 0.3 is 0 Å². The van der Waals surface area contributed by atoms with E-state index in [1.54, 1.807) is 12.1 Å². The second kappa shape index (κ2) is 9.93. The molecule has 0 aliphatic heterocycles. The lowest BCUT2D eigenvalue weighted by molar-refractivity contribution is 0.0950. The van der Waals surface area contributed by atoms with E-state index < -0.39 is 5.91 Å². The number of amides is 1. The quantitative estimate of drug-likeness (QED) is 0.226. The molecule has 0 radical (unpaired) electrons. The number of H-pyrrole nitrogens is 1. The highest BCUT2D eigenvalue weighted by molar-refractivity contribution is 6.03. The van der Waals surface area contributed by atoms with Gasteiger partial charge in [0.05, 0.1) is 11.9 Å². The second-order valence-corrected chi connectivity index (χ2v) is 7.88. The van der Waals surface area contributed by atoms with E-state index in [9.17, 15) is 9.90 Å². The lowest BCUT2D eigenvalue weighted by atomic mass is 10.0. The highest BCUT2D eigenvalue weighted by Crippen LogP contribution is 2.25. The number of aromatic amines is 1. The summed E-state index contributed by atoms with van der Waals surface area (Å²) in [4.78, 5) is 12.5. The summed E-state index contributed by atoms with van der Waals surface area (Å²) < 4.78 is 5.82. The number of aromatic hydroxyl groups is 1. The standard InChI is InChI=1S/C28H22N4O3/c33-27-15-12-20-8-4-5-9-23(20)24(27)17-29-32-28(34)26-16-25(30-31-26)21-10-13-22(14-11-21)35-18-19-6-2-1-3-7-19/h1-17,33H,18H2,(H,30,31)(H,32,34). The molecule has 5 rings (SSSR count). The van der Waals surface area contributed by atoms with E-state index >= 15 is 0 Å². The Labute approximate surface area is 201 Å². The molecular formula is C28H22N4O3. The first-order valence-corrected chi connectivity index (χ1v) is 11.0. The van der Waals surface area contributed by atoms with E-state index in [0.717, 1.165) is 27.6 Å². The molecule has 0 bridgehead atoms. The molecule has 0 fully saturated rings. The van der Waals surface area contributed by atoms with Crippen molar-refractivity contribution < 1.29 is 14.6 Å². The minimum atomic E-state index is -0.442. The summed E-state index contributed by atoms with van der Waals surface area (Å²) in [7, 11) is 0. The fourth-order valence-electron chi connectivity index (χ4n) is 3.68. The van der Waals surface area contributed by atoms with Crippen LogP contribution in [0.1, 0.15) is 21.6 Å². The molecule has 1 aromatic heterocycles. The van der Waals surface area contributed by atoms with Gasteiger partial charge in [-0.15, -0.1) is 0 Å². The smallest absolute Gasteiger partial charge is 0.289 e. The number of aromatic nitrogens is 2. The van der Waals surface area contributed by atoms with Gasteiger partial charge in [-0.25, -0.2) is 5.43 Å². The van der Waals surface area contributed by atoms with Crippen molar-refractivity contribution in [2.45, 2.75) is 6.61 Å². The van der Waals surface area contributed by atoms with Gasteiger partial charge in [0.15, 0.2) is 0 Å². The number of phenolic OH excluding ortho intramolecular Hbond substituents is 1. The fourth-order valence-corrected chi connectivity index (χ4v) is 3.68. The Kier molecular flexibility index (Phi) is 6.21. The van der Waals surface area contributed by atoms with Gasteiger partial charge in [0.1, 0.15) is 23.8 Å². The van der Waals surface area contributed by atoms with Crippen molar-refractivity contribution in [3.8, 4) is 22.8 Å². The van der Waals surface area contributed by atoms with E-state index in [1.807, 2.05) is 84.9 Å². The van der Waals surface area contributed by atoms with Gasteiger partial charge < -0.3 is 9.84 Å². The molecule has 0 spiro atoms. The molecule has 7 heteroatoms. The third kappa shape index (κ3) is 5.04. The summed E-state index contributed by atoms with van der Waals surface area (Å²) in [6, 6.07) is 30.2. The number of hydrogen-bond acceptors (Lipinski definition) is 5. The number of carbonyl (C=O) groups excluding carboxylic acids is 1. The summed E-state index contributed by atoms with van der Waals surface area (Å²) in [5, 5.41) is 23.0. The normalized spacial score (nSPS) is 11.1. The van der Waals surface area contributed by atoms with Crippen LogP contribution in [-0.2, 0) is 6.61 Å². The molecule has 7 nitrogen and oxygen atoms in total. The second-order valence-electron chi connectivity index (χ2n) is 7.88. The maximum atomic E-state index is 12.5. The number of carbonyl (C=O) groups is 1. The predicted molar refractivity (Wildman–Crippen MR) is 135 cm³/mol. The molecule has 1 amide bonds. The number of nitrogens with one attached hydrogen (secondary N) is 2. The van der Waals surface area contributed by atoms with Gasteiger partial charge in [0, 0.05) is 11.1 Å². The molecule has 0 saturated carbocycles. The zero-order valence-electron chi connectivity index (χ0n) is 18.7. The molecular weight excluding hydrogens is 440 g/mol. The Balaban J connectivity index is 1.22. The van der Waals surface area contributed by atoms with Crippen LogP contribution in [-0.4, -0.2) is 27.4 Å². The molecule has 1 heterocycles. The maximum absolute atomic E-state index is 12.5. The topological polar surface area (TPSA) is 99.6 Å². The van der Waals surface area contributed by atoms with Crippen molar-refractivity contribution in [1.82, 2.24) is 15.6 Å². The summed E-state index contributed by atoms with van der Waals surface area (Å²) >= 11 is 0. The zero-order valence-corrected chi connectivity index (χ0v) is 18.7. The number of hydrogen-bond donors (Lipinski definition) is 3. The van der Waals surface area contributed by atoms with Crippen molar-refractivity contribution in [3.63, 3.8) is 0 Å². The predicted octanol–water partition coefficient (Wildman–Crippen LogP) is 5.28. The van der Waals surface area contributed by atoms with Crippen LogP contribution in [0.25, 0.3) is 22.0 Å². The summed E-state index contributed by atoms with van der Waals surface area (Å²) in [6.07, 6.45) is 1.43. The van der Waals surface area contributed by atoms with Crippen LogP contribution in [0.3, 0.4) is 0 Å². The van der Waals surface area contributed by atoms with Gasteiger partial charge in [0.25, 0.3) is 5.91 Å². The SMILES string of the molecule is O=C(NN=Cc1c(O)ccc2ccccc12)c1cc(-c2ccc(OCc3ccccc3)cc2)n[nH]1. The minimum absolute atomic E-state index is 0.0849. The van der Waals surface area contributed by atoms with E-state index in [0.29, 0.717) is 17.9 Å². The number of nitrogens with zero attached hydrogens (tertiary/aromatic N) is 2. The van der Waals surface area contributed by atoms with Crippen LogP contribution in [0.2, 0.25) is 0 Å². The Hall–Kier alpha value is -4.91. The van der Waals surface area contributed by atoms with E-state index in [4.69, 9.17) is 4.74 Å². The summed E-state index contributed by atoms with van der Waals surface area (Å²) in [5.41, 5.74) is 5.84. The van der Waals surface area contributed by atoms with Gasteiger partial charge in [-0.2, -0.15) is 10.2 Å². The molecule has 35 heavy (non-hydrogen) atoms. The average molecular weight is 463 g/mol. The van der Waals surface area contributed by atoms with Crippen LogP contribution in [0.4, 0.5) is 0 Å². The number of ether oxygens (including phenoxy) is 1. The van der Waals surface area contributed by atoms with Crippen molar-refractivity contribution in [2.75, 3.05) is 0 Å². The van der Waals surface area contributed by atoms with Gasteiger partial charge in [-0.1, -0.05) is 60.7 Å². The van der Waals surface area contributed by atoms with Gasteiger partial charge in [-0.05, 0) is 52.7 Å². The molecule has 0 unspecified atom stereocenters. The average Bonchev–Trinajstić information content (AvgIpc) is 3.40. The number of phenols is 1. The van der Waals surface area contributed by atoms with Crippen molar-refractivity contribution in [2.24, 2.45) is 5.10 Å². The molecule has 4 aromatic carbocycles. The third-order valence-corrected chi connectivity index (χ3v) is 5.53. The van der Waals surface area contributed by atoms with Crippen LogP contribution in [0.5, 0.6) is 11.5 Å². The molecule has 172 valence electrons. The van der Waals surface area contributed by atoms with Gasteiger partial charge in [0.2, 0.25) is 0 Å². The fraction of sp³-hybridized carbons (Fsp3) is 0.0357. The molecule has 0 aliphatic carbocycles. The zero-order chi connectivity index (χ0) is 24.0. The van der Waals surface area contributed by atoms with E-state index in [-0.39, 0.29) is 11.4 Å². The third-order valence-electron chi connectivity index (χ3n) is 5.53. The van der Waals surface area contributed by atoms with Crippen molar-refractivity contribution in [1.29, 1.82) is 0 Å². The Morgan fingerprint density at radius 2 is 1.74 bits per heavy atom. The number of fused-ring (bicyclic) bond motifs is 1. The van der Waals surface area contributed by atoms with Crippen molar-refractivity contribution >= 4 is 22.9 Å². The van der Waals surface area contributed by atoms with E-state index in [2.05, 4.69) is 20.7 Å². The molecule has 0 aliphatic rings. The van der Waals surface area contributed by atoms with Crippen LogP contribution in [0.15, 0.2) is 102 Å². The van der Waals surface area contributed by atoms with Gasteiger partial charge in [-0.3, -0.25) is 9.89 Å². The van der Waals surface area contributed by atoms with Crippen LogP contribution < -0.4 is 10.2 Å². The maximum Gasteiger partial charge on any atom is 0.289 e. The van der Waals surface area contributed by atoms with Crippen LogP contribution >= 0.6 is 0 Å². The van der Waals surface area contributed by atoms with E-state index in [1.165, 1.54) is 6.21 Å². The molecule has 3 N–H and O–H groups in total. The number of rotatable bonds is 7. The molecule has 0 atom stereocenters. The lowest BCUT2D eigenvalue weighted by Crippen LogP contribution is -2.18. The number of hydrazone groups is 1. The number of benzene rings is 4. The first-order valence-electron chi connectivity index (χ1n) is 11.0. The monoisotopic (exact) mass is 462 g/mol. The minimum Gasteiger partial charge on any atom is -0.507 e. The Morgan fingerprint density at radius 1 is 0.971 bits per heavy atom. The Bertz CT molecular complexity index is 1490. The highest BCUT2D eigenvalue weighted by atomic mass is 16.5. The first-order chi connectivity index (χ1) is 17.2. The lowest BCUT2D eigenvalue weighted by Gasteiger charge is -2.06. The first kappa shape index (κ1) is 21.9. The summed E-state index contributed by atoms with van der Waals surface area (Å²) in [5.74, 6) is 0.390. The highest BCUT2D eigenvalue weighted by Gasteiger charge is 2.11. The summed E-state index contributed by atoms with van der Waals surface area (Å²) in [6.45, 7) is 0.490. The molecule has 5 aromatic rings. The van der Waals surface area contributed by atoms with Crippen LogP contribution in [0, 0.1) is 0 Å². The molecule has 0 saturated heterocycles.